The smallest absolute Gasteiger partial charge is 0.230 e. The summed E-state index contributed by atoms with van der Waals surface area (Å²) in [5, 5.41) is 2.98. The highest BCUT2D eigenvalue weighted by molar-refractivity contribution is 6.32. The third kappa shape index (κ3) is 1.68. The second-order valence-electron chi connectivity index (χ2n) is 3.50. The van der Waals surface area contributed by atoms with Gasteiger partial charge in [0.2, 0.25) is 11.2 Å². The van der Waals surface area contributed by atoms with E-state index in [-0.39, 0.29) is 16.3 Å². The number of hydrogen-bond donors (Lipinski definition) is 1. The summed E-state index contributed by atoms with van der Waals surface area (Å²) in [5.74, 6) is -0.0460. The Bertz CT molecular complexity index is 418. The molecular formula is C9H9Cl2N3O. The Morgan fingerprint density at radius 2 is 2.20 bits per heavy atom. The van der Waals surface area contributed by atoms with E-state index in [0.717, 1.165) is 12.8 Å². The molecule has 1 aromatic rings. The number of nitrogens with zero attached hydrogens (tertiary/aromatic N) is 2. The number of rotatable bonds is 2. The first-order valence-corrected chi connectivity index (χ1v) is 5.26. The van der Waals surface area contributed by atoms with E-state index >= 15 is 0 Å². The Labute approximate surface area is 97.0 Å². The van der Waals surface area contributed by atoms with E-state index in [4.69, 9.17) is 23.2 Å². The van der Waals surface area contributed by atoms with Crippen LogP contribution in [0.15, 0.2) is 6.20 Å². The number of halogens is 2. The van der Waals surface area contributed by atoms with Crippen molar-refractivity contribution < 1.29 is 4.79 Å². The fourth-order valence-electron chi connectivity index (χ4n) is 1.65. The van der Waals surface area contributed by atoms with Crippen molar-refractivity contribution in [3.63, 3.8) is 0 Å². The molecule has 2 rings (SSSR count). The van der Waals surface area contributed by atoms with Crippen LogP contribution < -0.4 is 5.32 Å². The first-order valence-electron chi connectivity index (χ1n) is 4.51. The summed E-state index contributed by atoms with van der Waals surface area (Å²) in [4.78, 5) is 19.4. The van der Waals surface area contributed by atoms with Crippen molar-refractivity contribution in [3.8, 4) is 0 Å². The van der Waals surface area contributed by atoms with Gasteiger partial charge in [-0.1, -0.05) is 11.6 Å². The van der Waals surface area contributed by atoms with Gasteiger partial charge in [-0.2, -0.15) is 0 Å². The van der Waals surface area contributed by atoms with Crippen molar-refractivity contribution >= 4 is 29.1 Å². The van der Waals surface area contributed by atoms with Crippen LogP contribution in [-0.2, 0) is 10.2 Å². The molecule has 1 aliphatic rings. The van der Waals surface area contributed by atoms with Gasteiger partial charge < -0.3 is 5.32 Å². The quantitative estimate of drug-likeness (QED) is 0.636. The normalized spacial score (nSPS) is 17.3. The van der Waals surface area contributed by atoms with Gasteiger partial charge in [-0.3, -0.25) is 4.79 Å². The zero-order chi connectivity index (χ0) is 11.1. The minimum atomic E-state index is -0.531. The first kappa shape index (κ1) is 10.6. The Balaban J connectivity index is 2.42. The summed E-state index contributed by atoms with van der Waals surface area (Å²) in [6, 6.07) is 0. The van der Waals surface area contributed by atoms with Gasteiger partial charge in [0.25, 0.3) is 0 Å². The minimum Gasteiger partial charge on any atom is -0.358 e. The molecule has 0 saturated heterocycles. The molecule has 1 heterocycles. The van der Waals surface area contributed by atoms with E-state index in [1.54, 1.807) is 7.05 Å². The van der Waals surface area contributed by atoms with Crippen molar-refractivity contribution in [1.82, 2.24) is 15.3 Å². The highest BCUT2D eigenvalue weighted by atomic mass is 35.5. The standard InChI is InChI=1S/C9H9Cl2N3O/c1-12-7(15)9(2-3-9)5-4-13-8(11)14-6(5)10/h4H,2-3H2,1H3,(H,12,15). The molecular weight excluding hydrogens is 237 g/mol. The van der Waals surface area contributed by atoms with Gasteiger partial charge >= 0.3 is 0 Å². The van der Waals surface area contributed by atoms with Crippen LogP contribution >= 0.6 is 23.2 Å². The average Bonchev–Trinajstić information content (AvgIpc) is 2.97. The van der Waals surface area contributed by atoms with Gasteiger partial charge in [0.15, 0.2) is 0 Å². The van der Waals surface area contributed by atoms with Crippen LogP contribution in [-0.4, -0.2) is 22.9 Å². The fourth-order valence-corrected chi connectivity index (χ4v) is 2.13. The van der Waals surface area contributed by atoms with Crippen molar-refractivity contribution in [1.29, 1.82) is 0 Å². The van der Waals surface area contributed by atoms with Crippen LogP contribution in [0.4, 0.5) is 0 Å². The minimum absolute atomic E-state index is 0.0460. The molecule has 1 N–H and O–H groups in total. The molecule has 0 unspecified atom stereocenters. The molecule has 1 fully saturated rings. The van der Waals surface area contributed by atoms with Gasteiger partial charge in [-0.25, -0.2) is 9.97 Å². The number of nitrogens with one attached hydrogen (secondary N) is 1. The summed E-state index contributed by atoms with van der Waals surface area (Å²) < 4.78 is 0. The van der Waals surface area contributed by atoms with Crippen molar-refractivity contribution in [2.45, 2.75) is 18.3 Å². The van der Waals surface area contributed by atoms with E-state index in [1.807, 2.05) is 0 Å². The molecule has 4 nitrogen and oxygen atoms in total. The molecule has 0 aliphatic heterocycles. The number of aromatic nitrogens is 2. The van der Waals surface area contributed by atoms with Crippen molar-refractivity contribution in [3.05, 3.63) is 22.2 Å². The highest BCUT2D eigenvalue weighted by Gasteiger charge is 2.52. The molecule has 80 valence electrons. The predicted octanol–water partition coefficient (Wildman–Crippen LogP) is 1.56. The summed E-state index contributed by atoms with van der Waals surface area (Å²) >= 11 is 11.5. The maximum atomic E-state index is 11.7. The molecule has 1 amide bonds. The zero-order valence-corrected chi connectivity index (χ0v) is 9.56. The molecule has 0 spiro atoms. The monoisotopic (exact) mass is 245 g/mol. The molecule has 15 heavy (non-hydrogen) atoms. The molecule has 1 aromatic heterocycles. The van der Waals surface area contributed by atoms with E-state index < -0.39 is 5.41 Å². The maximum Gasteiger partial charge on any atom is 0.230 e. The Morgan fingerprint density at radius 3 is 2.67 bits per heavy atom. The van der Waals surface area contributed by atoms with E-state index in [0.29, 0.717) is 5.56 Å². The third-order valence-corrected chi connectivity index (χ3v) is 3.11. The number of carbonyl (C=O) groups is 1. The molecule has 1 aliphatic carbocycles. The van der Waals surface area contributed by atoms with Crippen LogP contribution in [0.1, 0.15) is 18.4 Å². The second kappa shape index (κ2) is 3.61. The Hall–Kier alpha value is -0.870. The summed E-state index contributed by atoms with van der Waals surface area (Å²) in [6.45, 7) is 0. The molecule has 0 radical (unpaired) electrons. The molecule has 1 saturated carbocycles. The Morgan fingerprint density at radius 1 is 1.53 bits per heavy atom. The number of likely N-dealkylation sites (N-methyl/N-ethyl adjacent to an activating group) is 1. The largest absolute Gasteiger partial charge is 0.358 e. The lowest BCUT2D eigenvalue weighted by molar-refractivity contribution is -0.123. The van der Waals surface area contributed by atoms with Crippen LogP contribution in [0.3, 0.4) is 0 Å². The third-order valence-electron chi connectivity index (χ3n) is 2.64. The van der Waals surface area contributed by atoms with Gasteiger partial charge in [0.1, 0.15) is 5.15 Å². The maximum absolute atomic E-state index is 11.7. The van der Waals surface area contributed by atoms with Crippen molar-refractivity contribution in [2.24, 2.45) is 0 Å². The highest BCUT2D eigenvalue weighted by Crippen LogP contribution is 2.50. The van der Waals surface area contributed by atoms with Crippen LogP contribution in [0, 0.1) is 0 Å². The zero-order valence-electron chi connectivity index (χ0n) is 8.05. The molecule has 0 aromatic carbocycles. The first-order chi connectivity index (χ1) is 7.10. The van der Waals surface area contributed by atoms with E-state index in [1.165, 1.54) is 6.20 Å². The van der Waals surface area contributed by atoms with Crippen LogP contribution in [0.2, 0.25) is 10.4 Å². The van der Waals surface area contributed by atoms with Crippen LogP contribution in [0.5, 0.6) is 0 Å². The lowest BCUT2D eigenvalue weighted by Crippen LogP contribution is -2.32. The van der Waals surface area contributed by atoms with Crippen LogP contribution in [0.25, 0.3) is 0 Å². The summed E-state index contributed by atoms with van der Waals surface area (Å²) in [7, 11) is 1.60. The second-order valence-corrected chi connectivity index (χ2v) is 4.20. The average molecular weight is 246 g/mol. The molecule has 0 bridgehead atoms. The molecule has 0 atom stereocenters. The Kier molecular flexibility index (Phi) is 2.56. The topological polar surface area (TPSA) is 54.9 Å². The SMILES string of the molecule is CNC(=O)C1(c2cnc(Cl)nc2Cl)CC1. The van der Waals surface area contributed by atoms with Gasteiger partial charge in [-0.05, 0) is 24.4 Å². The summed E-state index contributed by atoms with van der Waals surface area (Å²) in [6.07, 6.45) is 3.08. The lowest BCUT2D eigenvalue weighted by Gasteiger charge is -2.14. The number of carbonyl (C=O) groups excluding carboxylic acids is 1. The van der Waals surface area contributed by atoms with E-state index in [2.05, 4.69) is 15.3 Å². The number of hydrogen-bond acceptors (Lipinski definition) is 3. The number of amides is 1. The fraction of sp³-hybridized carbons (Fsp3) is 0.444. The van der Waals surface area contributed by atoms with Gasteiger partial charge in [0.05, 0.1) is 5.41 Å². The van der Waals surface area contributed by atoms with Crippen molar-refractivity contribution in [2.75, 3.05) is 7.05 Å². The van der Waals surface area contributed by atoms with E-state index in [9.17, 15) is 4.79 Å². The lowest BCUT2D eigenvalue weighted by atomic mass is 9.98. The molecule has 6 heteroatoms. The van der Waals surface area contributed by atoms with Gasteiger partial charge in [-0.15, -0.1) is 0 Å². The van der Waals surface area contributed by atoms with Gasteiger partial charge in [0, 0.05) is 18.8 Å². The predicted molar refractivity (Wildman–Crippen MR) is 57.0 cm³/mol. The summed E-state index contributed by atoms with van der Waals surface area (Å²) in [5.41, 5.74) is 0.129.